The Morgan fingerprint density at radius 1 is 0.972 bits per heavy atom. The molecule has 1 heterocycles. The van der Waals surface area contributed by atoms with Gasteiger partial charge in [0.2, 0.25) is 10.0 Å². The number of halogens is 1. The zero-order chi connectivity index (χ0) is 26.0. The van der Waals surface area contributed by atoms with Gasteiger partial charge in [-0.3, -0.25) is 4.79 Å². The van der Waals surface area contributed by atoms with Crippen LogP contribution >= 0.6 is 11.6 Å². The summed E-state index contributed by atoms with van der Waals surface area (Å²) >= 11 is 6.25. The Bertz CT molecular complexity index is 1530. The van der Waals surface area contributed by atoms with Crippen molar-refractivity contribution in [2.45, 2.75) is 33.6 Å². The zero-order valence-corrected chi connectivity index (χ0v) is 22.3. The molecule has 8 heteroatoms. The molecule has 6 nitrogen and oxygen atoms in total. The molecule has 0 aliphatic rings. The van der Waals surface area contributed by atoms with Crippen molar-refractivity contribution in [3.05, 3.63) is 87.6 Å². The summed E-state index contributed by atoms with van der Waals surface area (Å²) in [5.41, 5.74) is 6.80. The van der Waals surface area contributed by atoms with Crippen LogP contribution in [0.5, 0.6) is 5.75 Å². The monoisotopic (exact) mass is 524 g/mol. The molecule has 0 aliphatic carbocycles. The molecule has 3 aromatic carbocycles. The first-order valence-corrected chi connectivity index (χ1v) is 13.9. The topological polar surface area (TPSA) is 88.3 Å². The van der Waals surface area contributed by atoms with Gasteiger partial charge in [-0.25, -0.2) is 13.1 Å². The molecule has 0 fully saturated rings. The summed E-state index contributed by atoms with van der Waals surface area (Å²) in [6.07, 6.45) is 2.12. The van der Waals surface area contributed by atoms with Gasteiger partial charge >= 0.3 is 0 Å². The van der Waals surface area contributed by atoms with Gasteiger partial charge in [0.25, 0.3) is 5.91 Å². The van der Waals surface area contributed by atoms with Crippen LogP contribution in [0.4, 0.5) is 0 Å². The molecular formula is C28H29ClN2O4S. The number of ether oxygens (including phenoxy) is 1. The molecule has 188 valence electrons. The number of nitrogens with one attached hydrogen (secondary N) is 2. The predicted molar refractivity (Wildman–Crippen MR) is 146 cm³/mol. The van der Waals surface area contributed by atoms with Crippen molar-refractivity contribution >= 4 is 38.4 Å². The van der Waals surface area contributed by atoms with Gasteiger partial charge in [0.15, 0.2) is 0 Å². The summed E-state index contributed by atoms with van der Waals surface area (Å²) in [5.74, 6) is 0.0644. The van der Waals surface area contributed by atoms with Crippen molar-refractivity contribution in [3.8, 4) is 16.9 Å². The maximum Gasteiger partial charge on any atom is 0.281 e. The number of amides is 1. The van der Waals surface area contributed by atoms with E-state index in [0.29, 0.717) is 19.4 Å². The van der Waals surface area contributed by atoms with Crippen LogP contribution in [0.2, 0.25) is 5.02 Å². The molecule has 1 amide bonds. The number of aromatic amines is 1. The van der Waals surface area contributed by atoms with Gasteiger partial charge in [-0.15, -0.1) is 0 Å². The van der Waals surface area contributed by atoms with Crippen molar-refractivity contribution in [1.29, 1.82) is 0 Å². The molecular weight excluding hydrogens is 496 g/mol. The normalized spacial score (nSPS) is 11.6. The predicted octanol–water partition coefficient (Wildman–Crippen LogP) is 6.11. The number of H-pyrrole nitrogens is 1. The highest BCUT2D eigenvalue weighted by Crippen LogP contribution is 2.34. The van der Waals surface area contributed by atoms with E-state index in [2.05, 4.69) is 9.71 Å². The Morgan fingerprint density at radius 3 is 2.31 bits per heavy atom. The Kier molecular flexibility index (Phi) is 7.43. The minimum absolute atomic E-state index is 0.245. The molecule has 4 rings (SSSR count). The molecule has 0 spiro atoms. The molecule has 0 atom stereocenters. The van der Waals surface area contributed by atoms with E-state index in [1.54, 1.807) is 0 Å². The number of aromatic nitrogens is 1. The van der Waals surface area contributed by atoms with E-state index in [1.165, 1.54) is 0 Å². The van der Waals surface area contributed by atoms with Crippen LogP contribution in [-0.2, 0) is 16.4 Å². The van der Waals surface area contributed by atoms with Gasteiger partial charge in [-0.2, -0.15) is 0 Å². The lowest BCUT2D eigenvalue weighted by Gasteiger charge is -2.10. The number of para-hydroxylation sites is 1. The van der Waals surface area contributed by atoms with Crippen molar-refractivity contribution in [3.63, 3.8) is 0 Å². The Balaban J connectivity index is 1.67. The molecule has 0 saturated heterocycles. The molecule has 4 aromatic rings. The van der Waals surface area contributed by atoms with E-state index >= 15 is 0 Å². The second-order valence-corrected chi connectivity index (χ2v) is 11.2. The molecule has 2 N–H and O–H groups in total. The fourth-order valence-corrected chi connectivity index (χ4v) is 5.02. The molecule has 0 bridgehead atoms. The quantitative estimate of drug-likeness (QED) is 0.272. The number of carbonyl (C=O) groups is 1. The van der Waals surface area contributed by atoms with E-state index in [1.807, 2.05) is 75.4 Å². The number of hydrogen-bond donors (Lipinski definition) is 2. The minimum atomic E-state index is -3.72. The first-order chi connectivity index (χ1) is 17.0. The summed E-state index contributed by atoms with van der Waals surface area (Å²) < 4.78 is 31.6. The molecule has 1 aromatic heterocycles. The summed E-state index contributed by atoms with van der Waals surface area (Å²) in [7, 11) is -3.72. The largest absolute Gasteiger partial charge is 0.494 e. The first-order valence-electron chi connectivity index (χ1n) is 11.7. The van der Waals surface area contributed by atoms with Gasteiger partial charge in [-0.1, -0.05) is 54.1 Å². The Hall–Kier alpha value is -3.29. The Labute approximate surface area is 216 Å². The van der Waals surface area contributed by atoms with Crippen molar-refractivity contribution < 1.29 is 17.9 Å². The van der Waals surface area contributed by atoms with Crippen molar-refractivity contribution in [2.24, 2.45) is 0 Å². The smallest absolute Gasteiger partial charge is 0.281 e. The maximum absolute atomic E-state index is 13.0. The van der Waals surface area contributed by atoms with Crippen LogP contribution in [0.25, 0.3) is 22.0 Å². The number of benzene rings is 3. The van der Waals surface area contributed by atoms with Crippen LogP contribution < -0.4 is 9.46 Å². The summed E-state index contributed by atoms with van der Waals surface area (Å²) in [6, 6.07) is 17.7. The van der Waals surface area contributed by atoms with E-state index in [-0.39, 0.29) is 5.69 Å². The number of hydrogen-bond acceptors (Lipinski definition) is 4. The third kappa shape index (κ3) is 5.58. The lowest BCUT2D eigenvalue weighted by molar-refractivity contribution is 0.0976. The van der Waals surface area contributed by atoms with E-state index in [0.717, 1.165) is 61.3 Å². The molecule has 0 aliphatic heterocycles. The van der Waals surface area contributed by atoms with Gasteiger partial charge in [0.1, 0.15) is 11.4 Å². The highest BCUT2D eigenvalue weighted by Gasteiger charge is 2.22. The van der Waals surface area contributed by atoms with Crippen LogP contribution in [-0.4, -0.2) is 32.2 Å². The average molecular weight is 525 g/mol. The second-order valence-electron chi connectivity index (χ2n) is 9.05. The summed E-state index contributed by atoms with van der Waals surface area (Å²) in [4.78, 5) is 16.2. The summed E-state index contributed by atoms with van der Waals surface area (Å²) in [5, 5.41) is 1.61. The lowest BCUT2D eigenvalue weighted by atomic mass is 9.97. The van der Waals surface area contributed by atoms with E-state index in [9.17, 15) is 13.2 Å². The highest BCUT2D eigenvalue weighted by molar-refractivity contribution is 7.89. The zero-order valence-electron chi connectivity index (χ0n) is 20.7. The number of fused-ring (bicyclic) bond motifs is 1. The van der Waals surface area contributed by atoms with Gasteiger partial charge < -0.3 is 9.72 Å². The molecule has 0 radical (unpaired) electrons. The van der Waals surface area contributed by atoms with Crippen LogP contribution in [0.3, 0.4) is 0 Å². The van der Waals surface area contributed by atoms with Gasteiger partial charge in [0, 0.05) is 16.0 Å². The molecule has 36 heavy (non-hydrogen) atoms. The first kappa shape index (κ1) is 25.8. The Morgan fingerprint density at radius 2 is 1.64 bits per heavy atom. The average Bonchev–Trinajstić information content (AvgIpc) is 3.18. The van der Waals surface area contributed by atoms with E-state index < -0.39 is 15.9 Å². The van der Waals surface area contributed by atoms with Crippen LogP contribution in [0, 0.1) is 20.8 Å². The SMILES string of the molecule is Cc1ccccc1-c1cccc2c(CCCOc3cc(C)c(Cl)c(C)c3)c(C(=O)NS(C)(=O)=O)[nH]c12. The maximum atomic E-state index is 13.0. The third-order valence-corrected chi connectivity index (χ3v) is 7.28. The number of rotatable bonds is 8. The molecule has 0 unspecified atom stereocenters. The fourth-order valence-electron chi connectivity index (χ4n) is 4.47. The number of carbonyl (C=O) groups excluding carboxylic acids is 1. The number of sulfonamides is 1. The summed E-state index contributed by atoms with van der Waals surface area (Å²) in [6.45, 7) is 6.34. The lowest BCUT2D eigenvalue weighted by Crippen LogP contribution is -2.30. The minimum Gasteiger partial charge on any atom is -0.494 e. The molecule has 0 saturated carbocycles. The fraction of sp³-hybridized carbons (Fsp3) is 0.250. The second kappa shape index (κ2) is 10.4. The highest BCUT2D eigenvalue weighted by atomic mass is 35.5. The van der Waals surface area contributed by atoms with E-state index in [4.69, 9.17) is 16.3 Å². The van der Waals surface area contributed by atoms with Gasteiger partial charge in [-0.05, 0) is 73.6 Å². The van der Waals surface area contributed by atoms with Crippen LogP contribution in [0.1, 0.15) is 39.2 Å². The van der Waals surface area contributed by atoms with Crippen molar-refractivity contribution in [1.82, 2.24) is 9.71 Å². The van der Waals surface area contributed by atoms with Crippen molar-refractivity contribution in [2.75, 3.05) is 12.9 Å². The standard InChI is InChI=1S/C28H29ClN2O4S/c1-17-9-5-6-10-21(17)22-11-7-12-23-24(27(30-26(22)23)28(32)31-36(4,33)34)13-8-14-35-20-15-18(2)25(29)19(3)16-20/h5-7,9-12,15-16,30H,8,13-14H2,1-4H3,(H,31,32). The van der Waals surface area contributed by atoms with Crippen LogP contribution in [0.15, 0.2) is 54.6 Å². The van der Waals surface area contributed by atoms with Gasteiger partial charge in [0.05, 0.1) is 18.4 Å². The number of aryl methyl sites for hydroxylation is 4. The third-order valence-electron chi connectivity index (χ3n) is 6.13.